The quantitative estimate of drug-likeness (QED) is 0.761. The summed E-state index contributed by atoms with van der Waals surface area (Å²) in [6, 6.07) is 6.51. The van der Waals surface area contributed by atoms with E-state index in [1.54, 1.807) is 39.0 Å². The van der Waals surface area contributed by atoms with Gasteiger partial charge in [0.2, 0.25) is 5.82 Å². The molecule has 0 bridgehead atoms. The van der Waals surface area contributed by atoms with Crippen LogP contribution in [0.15, 0.2) is 28.8 Å². The average molecular weight is 340 g/mol. The zero-order chi connectivity index (χ0) is 18.3. The summed E-state index contributed by atoms with van der Waals surface area (Å²) in [6.45, 7) is 7.10. The number of rotatable bonds is 3. The number of halogens is 1. The van der Waals surface area contributed by atoms with E-state index in [2.05, 4.69) is 10.1 Å². The summed E-state index contributed by atoms with van der Waals surface area (Å²) < 4.78 is 19.3. The van der Waals surface area contributed by atoms with Gasteiger partial charge in [0.15, 0.2) is 0 Å². The lowest BCUT2D eigenvalue weighted by atomic mass is 9.93. The third-order valence-electron chi connectivity index (χ3n) is 4.19. The molecule has 128 valence electrons. The van der Waals surface area contributed by atoms with E-state index in [0.717, 1.165) is 11.1 Å². The largest absolute Gasteiger partial charge is 0.478 e. The highest BCUT2D eigenvalue weighted by Crippen LogP contribution is 2.32. The summed E-state index contributed by atoms with van der Waals surface area (Å²) in [6.07, 6.45) is 0. The second-order valence-corrected chi connectivity index (χ2v) is 6.10. The van der Waals surface area contributed by atoms with Crippen LogP contribution < -0.4 is 0 Å². The predicted molar refractivity (Wildman–Crippen MR) is 91.0 cm³/mol. The molecule has 0 amide bonds. The van der Waals surface area contributed by atoms with Gasteiger partial charge in [-0.3, -0.25) is 0 Å². The summed E-state index contributed by atoms with van der Waals surface area (Å²) in [5.41, 5.74) is 3.86. The van der Waals surface area contributed by atoms with Crippen LogP contribution in [0, 0.1) is 33.5 Å². The first-order valence-electron chi connectivity index (χ1n) is 7.74. The van der Waals surface area contributed by atoms with Crippen LogP contribution in [-0.4, -0.2) is 21.2 Å². The molecule has 0 saturated carbocycles. The number of carboxylic acids is 1. The lowest BCUT2D eigenvalue weighted by Crippen LogP contribution is -2.06. The topological polar surface area (TPSA) is 76.2 Å². The number of aromatic carboxylic acids is 1. The Morgan fingerprint density at radius 2 is 1.84 bits per heavy atom. The van der Waals surface area contributed by atoms with Crippen molar-refractivity contribution < 1.29 is 18.8 Å². The van der Waals surface area contributed by atoms with Gasteiger partial charge in [-0.05, 0) is 62.1 Å². The summed E-state index contributed by atoms with van der Waals surface area (Å²) >= 11 is 0. The van der Waals surface area contributed by atoms with E-state index in [9.17, 15) is 14.3 Å². The van der Waals surface area contributed by atoms with Crippen molar-refractivity contribution in [2.24, 2.45) is 0 Å². The van der Waals surface area contributed by atoms with Gasteiger partial charge in [-0.1, -0.05) is 17.3 Å². The summed E-state index contributed by atoms with van der Waals surface area (Å²) in [5.74, 6) is -1.15. The van der Waals surface area contributed by atoms with Crippen molar-refractivity contribution in [1.29, 1.82) is 0 Å². The molecule has 1 N–H and O–H groups in total. The van der Waals surface area contributed by atoms with Crippen LogP contribution in [0.25, 0.3) is 22.8 Å². The Labute approximate surface area is 144 Å². The van der Waals surface area contributed by atoms with Crippen LogP contribution in [0.4, 0.5) is 4.39 Å². The Morgan fingerprint density at radius 1 is 1.12 bits per heavy atom. The van der Waals surface area contributed by atoms with Crippen LogP contribution in [0.1, 0.15) is 32.6 Å². The van der Waals surface area contributed by atoms with E-state index < -0.39 is 11.8 Å². The van der Waals surface area contributed by atoms with Crippen molar-refractivity contribution in [1.82, 2.24) is 10.1 Å². The molecular weight excluding hydrogens is 323 g/mol. The molecule has 5 nitrogen and oxygen atoms in total. The highest BCUT2D eigenvalue weighted by Gasteiger charge is 2.22. The maximum absolute atomic E-state index is 14.1. The van der Waals surface area contributed by atoms with E-state index in [-0.39, 0.29) is 22.8 Å². The molecule has 0 unspecified atom stereocenters. The Bertz CT molecular complexity index is 993. The Balaban J connectivity index is 2.15. The normalized spacial score (nSPS) is 10.9. The third-order valence-corrected chi connectivity index (χ3v) is 4.19. The first-order chi connectivity index (χ1) is 11.8. The SMILES string of the molecule is Cc1ccc(-c2nc(-c3c(C)cc(C)c(C(=O)O)c3C)no2)c(F)c1. The zero-order valence-electron chi connectivity index (χ0n) is 14.3. The van der Waals surface area contributed by atoms with Gasteiger partial charge in [-0.2, -0.15) is 4.98 Å². The van der Waals surface area contributed by atoms with Crippen molar-refractivity contribution in [3.8, 4) is 22.8 Å². The molecule has 1 aromatic heterocycles. The summed E-state index contributed by atoms with van der Waals surface area (Å²) in [7, 11) is 0. The maximum Gasteiger partial charge on any atom is 0.336 e. The summed E-state index contributed by atoms with van der Waals surface area (Å²) in [5, 5.41) is 13.4. The van der Waals surface area contributed by atoms with Gasteiger partial charge in [0.1, 0.15) is 5.82 Å². The van der Waals surface area contributed by atoms with Crippen LogP contribution in [0.5, 0.6) is 0 Å². The van der Waals surface area contributed by atoms with Gasteiger partial charge in [0.25, 0.3) is 5.89 Å². The molecule has 0 aliphatic rings. The van der Waals surface area contributed by atoms with Crippen LogP contribution in [0.2, 0.25) is 0 Å². The number of carboxylic acid groups (broad SMARTS) is 1. The van der Waals surface area contributed by atoms with Crippen LogP contribution in [-0.2, 0) is 0 Å². The third kappa shape index (κ3) is 2.91. The number of hydrogen-bond donors (Lipinski definition) is 1. The van der Waals surface area contributed by atoms with E-state index in [0.29, 0.717) is 16.7 Å². The highest BCUT2D eigenvalue weighted by molar-refractivity contribution is 5.93. The van der Waals surface area contributed by atoms with Gasteiger partial charge in [-0.15, -0.1) is 0 Å². The Kier molecular flexibility index (Phi) is 4.12. The Hall–Kier alpha value is -3.02. The molecule has 0 aliphatic carbocycles. The monoisotopic (exact) mass is 340 g/mol. The molecule has 25 heavy (non-hydrogen) atoms. The number of hydrogen-bond acceptors (Lipinski definition) is 4. The molecular formula is C19H17FN2O3. The van der Waals surface area contributed by atoms with Crippen molar-refractivity contribution in [2.75, 3.05) is 0 Å². The van der Waals surface area contributed by atoms with E-state index in [4.69, 9.17) is 4.52 Å². The predicted octanol–water partition coefficient (Wildman–Crippen LogP) is 4.47. The second kappa shape index (κ2) is 6.12. The first kappa shape index (κ1) is 16.8. The van der Waals surface area contributed by atoms with Gasteiger partial charge in [0.05, 0.1) is 11.1 Å². The average Bonchev–Trinajstić information content (AvgIpc) is 2.95. The smallest absolute Gasteiger partial charge is 0.336 e. The van der Waals surface area contributed by atoms with Gasteiger partial charge in [-0.25, -0.2) is 9.18 Å². The fourth-order valence-electron chi connectivity index (χ4n) is 3.09. The second-order valence-electron chi connectivity index (χ2n) is 6.10. The molecule has 0 atom stereocenters. The number of nitrogens with zero attached hydrogens (tertiary/aromatic N) is 2. The van der Waals surface area contributed by atoms with Crippen molar-refractivity contribution in [3.63, 3.8) is 0 Å². The molecule has 0 radical (unpaired) electrons. The van der Waals surface area contributed by atoms with E-state index in [1.165, 1.54) is 6.07 Å². The number of aromatic nitrogens is 2. The van der Waals surface area contributed by atoms with Crippen molar-refractivity contribution >= 4 is 5.97 Å². The van der Waals surface area contributed by atoms with E-state index >= 15 is 0 Å². The molecule has 0 fully saturated rings. The van der Waals surface area contributed by atoms with Gasteiger partial charge >= 0.3 is 5.97 Å². The van der Waals surface area contributed by atoms with Crippen LogP contribution >= 0.6 is 0 Å². The molecule has 3 rings (SSSR count). The van der Waals surface area contributed by atoms with Crippen molar-refractivity contribution in [2.45, 2.75) is 27.7 Å². The minimum atomic E-state index is -1.01. The van der Waals surface area contributed by atoms with Gasteiger partial charge in [0, 0.05) is 5.56 Å². The van der Waals surface area contributed by atoms with Crippen molar-refractivity contribution in [3.05, 3.63) is 57.9 Å². The highest BCUT2D eigenvalue weighted by atomic mass is 19.1. The lowest BCUT2D eigenvalue weighted by Gasteiger charge is -2.12. The number of aryl methyl sites for hydroxylation is 3. The minimum Gasteiger partial charge on any atom is -0.478 e. The molecule has 0 spiro atoms. The molecule has 3 aromatic rings. The molecule has 0 saturated heterocycles. The molecule has 6 heteroatoms. The molecule has 1 heterocycles. The van der Waals surface area contributed by atoms with Gasteiger partial charge < -0.3 is 9.63 Å². The number of carbonyl (C=O) groups is 1. The minimum absolute atomic E-state index is 0.0590. The van der Waals surface area contributed by atoms with E-state index in [1.807, 2.05) is 6.92 Å². The Morgan fingerprint density at radius 3 is 2.48 bits per heavy atom. The molecule has 0 aliphatic heterocycles. The fourth-order valence-corrected chi connectivity index (χ4v) is 3.09. The summed E-state index contributed by atoms with van der Waals surface area (Å²) in [4.78, 5) is 15.8. The maximum atomic E-state index is 14.1. The zero-order valence-corrected chi connectivity index (χ0v) is 14.3. The standard InChI is InChI=1S/C19H17FN2O3/c1-9-5-6-13(14(20)7-9)18-21-17(22-25-18)15-10(2)8-11(3)16(12(15)4)19(23)24/h5-8H,1-4H3,(H,23,24). The lowest BCUT2D eigenvalue weighted by molar-refractivity contribution is 0.0695. The first-order valence-corrected chi connectivity index (χ1v) is 7.74. The molecule has 2 aromatic carbocycles. The fraction of sp³-hybridized carbons (Fsp3) is 0.211. The van der Waals surface area contributed by atoms with Crippen LogP contribution in [0.3, 0.4) is 0 Å². The number of benzene rings is 2.